The van der Waals surface area contributed by atoms with Crippen molar-refractivity contribution >= 4 is 0 Å². The Kier molecular flexibility index (Phi) is 6.12. The maximum atomic E-state index is 5.74. The number of nitrogens with one attached hydrogen (secondary N) is 1. The zero-order valence-corrected chi connectivity index (χ0v) is 11.8. The molecule has 19 heavy (non-hydrogen) atoms. The van der Waals surface area contributed by atoms with Gasteiger partial charge in [-0.05, 0) is 44.7 Å². The molecule has 0 bridgehead atoms. The van der Waals surface area contributed by atoms with Crippen LogP contribution in [0.1, 0.15) is 38.2 Å². The highest BCUT2D eigenvalue weighted by atomic mass is 16.5. The van der Waals surface area contributed by atoms with Gasteiger partial charge in [0.1, 0.15) is 0 Å². The van der Waals surface area contributed by atoms with Gasteiger partial charge in [-0.25, -0.2) is 0 Å². The Bertz CT molecular complexity index is 374. The van der Waals surface area contributed by atoms with Crippen molar-refractivity contribution in [2.75, 3.05) is 6.54 Å². The number of hydrogen-bond donors (Lipinski definition) is 1. The second-order valence-electron chi connectivity index (χ2n) is 5.30. The number of allylic oxidation sites excluding steroid dienone is 1. The molecule has 1 aromatic rings. The fourth-order valence-corrected chi connectivity index (χ4v) is 2.40. The Morgan fingerprint density at radius 1 is 1.26 bits per heavy atom. The molecule has 1 N–H and O–H groups in total. The molecule has 1 aliphatic rings. The van der Waals surface area contributed by atoms with Crippen molar-refractivity contribution in [2.24, 2.45) is 0 Å². The average Bonchev–Trinajstić information content (AvgIpc) is 2.85. The normalized spacial score (nSPS) is 23.2. The average molecular weight is 259 g/mol. The maximum Gasteiger partial charge on any atom is 0.0760 e. The molecule has 2 rings (SSSR count). The first-order valence-corrected chi connectivity index (χ1v) is 7.41. The molecule has 2 unspecified atom stereocenters. The quantitative estimate of drug-likeness (QED) is 0.596. The molecular formula is C17H25NO. The second-order valence-corrected chi connectivity index (χ2v) is 5.30. The van der Waals surface area contributed by atoms with E-state index >= 15 is 0 Å². The van der Waals surface area contributed by atoms with Crippen molar-refractivity contribution in [1.29, 1.82) is 0 Å². The molecule has 1 saturated heterocycles. The van der Waals surface area contributed by atoms with E-state index in [0.717, 1.165) is 19.5 Å². The van der Waals surface area contributed by atoms with Crippen molar-refractivity contribution in [3.63, 3.8) is 0 Å². The minimum atomic E-state index is 0.368. The second kappa shape index (κ2) is 8.13. The van der Waals surface area contributed by atoms with Crippen molar-refractivity contribution in [2.45, 2.75) is 51.4 Å². The van der Waals surface area contributed by atoms with E-state index < -0.39 is 0 Å². The maximum absolute atomic E-state index is 5.74. The van der Waals surface area contributed by atoms with E-state index in [2.05, 4.69) is 54.7 Å². The van der Waals surface area contributed by atoms with Gasteiger partial charge in [-0.1, -0.05) is 42.5 Å². The van der Waals surface area contributed by atoms with Crippen molar-refractivity contribution in [1.82, 2.24) is 5.32 Å². The molecule has 0 aliphatic carbocycles. The standard InChI is InChI=1S/C17H25NO/c1-15-11-12-17(19-15)10-6-3-7-13-18-14-16-8-4-2-5-9-16/h2,4-6,8-10,15,17-18H,3,7,11-14H2,1H3/b10-6+. The van der Waals surface area contributed by atoms with Crippen LogP contribution in [0.25, 0.3) is 0 Å². The number of unbranched alkanes of at least 4 members (excludes halogenated alkanes) is 1. The van der Waals surface area contributed by atoms with Gasteiger partial charge in [0.15, 0.2) is 0 Å². The Hall–Kier alpha value is -1.12. The third-order valence-electron chi connectivity index (χ3n) is 3.51. The Morgan fingerprint density at radius 2 is 2.11 bits per heavy atom. The van der Waals surface area contributed by atoms with Crippen LogP contribution in [0.3, 0.4) is 0 Å². The smallest absolute Gasteiger partial charge is 0.0760 e. The summed E-state index contributed by atoms with van der Waals surface area (Å²) in [4.78, 5) is 0. The monoisotopic (exact) mass is 259 g/mol. The predicted molar refractivity (Wildman–Crippen MR) is 80.1 cm³/mol. The highest BCUT2D eigenvalue weighted by Crippen LogP contribution is 2.19. The van der Waals surface area contributed by atoms with Crippen molar-refractivity contribution < 1.29 is 4.74 Å². The fourth-order valence-electron chi connectivity index (χ4n) is 2.40. The van der Waals surface area contributed by atoms with Gasteiger partial charge < -0.3 is 10.1 Å². The summed E-state index contributed by atoms with van der Waals surface area (Å²) in [7, 11) is 0. The highest BCUT2D eigenvalue weighted by molar-refractivity contribution is 5.14. The zero-order valence-electron chi connectivity index (χ0n) is 11.8. The van der Waals surface area contributed by atoms with Gasteiger partial charge in [0.05, 0.1) is 12.2 Å². The van der Waals surface area contributed by atoms with Gasteiger partial charge in [-0.3, -0.25) is 0 Å². The molecule has 104 valence electrons. The first kappa shape index (κ1) is 14.3. The van der Waals surface area contributed by atoms with E-state index in [9.17, 15) is 0 Å². The van der Waals surface area contributed by atoms with Gasteiger partial charge in [-0.2, -0.15) is 0 Å². The van der Waals surface area contributed by atoms with Crippen LogP contribution in [-0.2, 0) is 11.3 Å². The molecule has 0 spiro atoms. The molecule has 1 aromatic carbocycles. The molecule has 0 radical (unpaired) electrons. The molecule has 0 amide bonds. The van der Waals surface area contributed by atoms with Crippen LogP contribution in [0.2, 0.25) is 0 Å². The number of benzene rings is 1. The molecule has 1 heterocycles. The van der Waals surface area contributed by atoms with Crippen LogP contribution in [0.5, 0.6) is 0 Å². The van der Waals surface area contributed by atoms with E-state index in [0.29, 0.717) is 12.2 Å². The van der Waals surface area contributed by atoms with Crippen LogP contribution in [0.15, 0.2) is 42.5 Å². The highest BCUT2D eigenvalue weighted by Gasteiger charge is 2.18. The summed E-state index contributed by atoms with van der Waals surface area (Å²) < 4.78 is 5.74. The fraction of sp³-hybridized carbons (Fsp3) is 0.529. The summed E-state index contributed by atoms with van der Waals surface area (Å²) in [6.45, 7) is 4.19. The Labute approximate surface area is 116 Å². The van der Waals surface area contributed by atoms with Crippen LogP contribution >= 0.6 is 0 Å². The lowest BCUT2D eigenvalue weighted by Crippen LogP contribution is -2.14. The van der Waals surface area contributed by atoms with E-state index in [4.69, 9.17) is 4.74 Å². The third kappa shape index (κ3) is 5.58. The van der Waals surface area contributed by atoms with Gasteiger partial charge in [0, 0.05) is 6.54 Å². The lowest BCUT2D eigenvalue weighted by molar-refractivity contribution is 0.0832. The summed E-state index contributed by atoms with van der Waals surface area (Å²) >= 11 is 0. The van der Waals surface area contributed by atoms with Crippen LogP contribution < -0.4 is 5.32 Å². The number of rotatable bonds is 7. The molecule has 0 saturated carbocycles. The lowest BCUT2D eigenvalue weighted by Gasteiger charge is -2.05. The third-order valence-corrected chi connectivity index (χ3v) is 3.51. The molecular weight excluding hydrogens is 234 g/mol. The summed E-state index contributed by atoms with van der Waals surface area (Å²) in [6, 6.07) is 10.5. The van der Waals surface area contributed by atoms with E-state index in [1.165, 1.54) is 24.8 Å². The van der Waals surface area contributed by atoms with Gasteiger partial charge in [0.2, 0.25) is 0 Å². The first-order valence-electron chi connectivity index (χ1n) is 7.41. The molecule has 0 aromatic heterocycles. The number of hydrogen-bond acceptors (Lipinski definition) is 2. The van der Waals surface area contributed by atoms with E-state index in [1.54, 1.807) is 0 Å². The lowest BCUT2D eigenvalue weighted by atomic mass is 10.2. The molecule has 1 fully saturated rings. The van der Waals surface area contributed by atoms with Crippen LogP contribution in [-0.4, -0.2) is 18.8 Å². The number of ether oxygens (including phenoxy) is 1. The van der Waals surface area contributed by atoms with Gasteiger partial charge in [-0.15, -0.1) is 0 Å². The summed E-state index contributed by atoms with van der Waals surface area (Å²) in [5, 5.41) is 3.47. The summed E-state index contributed by atoms with van der Waals surface area (Å²) in [5.74, 6) is 0. The molecule has 2 atom stereocenters. The summed E-state index contributed by atoms with van der Waals surface area (Å²) in [5.41, 5.74) is 1.35. The van der Waals surface area contributed by atoms with Crippen LogP contribution in [0.4, 0.5) is 0 Å². The van der Waals surface area contributed by atoms with E-state index in [-0.39, 0.29) is 0 Å². The Morgan fingerprint density at radius 3 is 2.84 bits per heavy atom. The van der Waals surface area contributed by atoms with Gasteiger partial charge >= 0.3 is 0 Å². The molecule has 2 nitrogen and oxygen atoms in total. The largest absolute Gasteiger partial charge is 0.371 e. The topological polar surface area (TPSA) is 21.3 Å². The van der Waals surface area contributed by atoms with Crippen molar-refractivity contribution in [3.05, 3.63) is 48.0 Å². The summed E-state index contributed by atoms with van der Waals surface area (Å²) in [6.07, 6.45) is 10.0. The minimum absolute atomic E-state index is 0.368. The van der Waals surface area contributed by atoms with Crippen LogP contribution in [0, 0.1) is 0 Å². The van der Waals surface area contributed by atoms with Gasteiger partial charge in [0.25, 0.3) is 0 Å². The predicted octanol–water partition coefficient (Wildman–Crippen LogP) is 3.68. The SMILES string of the molecule is CC1CCC(/C=C/CCCNCc2ccccc2)O1. The molecule has 1 aliphatic heterocycles. The van der Waals surface area contributed by atoms with E-state index in [1.807, 2.05) is 0 Å². The zero-order chi connectivity index (χ0) is 13.3. The minimum Gasteiger partial charge on any atom is -0.371 e. The molecule has 2 heteroatoms. The Balaban J connectivity index is 1.49. The van der Waals surface area contributed by atoms with Crippen molar-refractivity contribution in [3.8, 4) is 0 Å². The first-order chi connectivity index (χ1) is 9.34.